The molecule has 0 radical (unpaired) electrons. The third-order valence-corrected chi connectivity index (χ3v) is 2.14. The predicted octanol–water partition coefficient (Wildman–Crippen LogP) is 0.784. The summed E-state index contributed by atoms with van der Waals surface area (Å²) in [5.74, 6) is -1.04. The quantitative estimate of drug-likeness (QED) is 0.646. The van der Waals surface area contributed by atoms with Crippen molar-refractivity contribution in [1.82, 2.24) is 0 Å². The number of thiophene rings is 1. The summed E-state index contributed by atoms with van der Waals surface area (Å²) in [5.41, 5.74) is 0. The van der Waals surface area contributed by atoms with E-state index in [0.29, 0.717) is 12.6 Å². The van der Waals surface area contributed by atoms with Gasteiger partial charge in [0, 0.05) is 0 Å². The fourth-order valence-corrected chi connectivity index (χ4v) is 1.33. The Kier molecular flexibility index (Phi) is 1.91. The molecule has 0 aliphatic heterocycles. The van der Waals surface area contributed by atoms with Gasteiger partial charge < -0.3 is 10.2 Å². The highest BCUT2D eigenvalue weighted by Crippen LogP contribution is 2.37. The number of hydrogen-bond acceptors (Lipinski definition) is 5. The molecule has 1 aromatic rings. The molecule has 1 heterocycles. The molecule has 0 unspecified atom stereocenters. The van der Waals surface area contributed by atoms with Crippen LogP contribution >= 0.6 is 11.3 Å². The number of rotatable bonds is 2. The van der Waals surface area contributed by atoms with E-state index in [0.717, 1.165) is 11.3 Å². The molecule has 0 bridgehead atoms. The Balaban J connectivity index is 3.33. The van der Waals surface area contributed by atoms with Gasteiger partial charge in [-0.3, -0.25) is 9.59 Å². The second-order valence-corrected chi connectivity index (χ2v) is 2.85. The number of carbonyl (C=O) groups excluding carboxylic acids is 2. The van der Waals surface area contributed by atoms with Gasteiger partial charge in [-0.15, -0.1) is 11.3 Å². The molecule has 4 nitrogen and oxygen atoms in total. The Hall–Kier alpha value is -1.36. The zero-order valence-electron chi connectivity index (χ0n) is 5.27. The SMILES string of the molecule is O=Cc1sc(C=O)c(O)c1O. The third kappa shape index (κ3) is 1.10. The van der Waals surface area contributed by atoms with E-state index in [1.54, 1.807) is 0 Å². The van der Waals surface area contributed by atoms with Crippen LogP contribution in [0.3, 0.4) is 0 Å². The molecule has 0 aliphatic rings. The summed E-state index contributed by atoms with van der Waals surface area (Å²) in [4.78, 5) is 20.2. The topological polar surface area (TPSA) is 74.6 Å². The Bertz CT molecular complexity index is 273. The lowest BCUT2D eigenvalue weighted by Gasteiger charge is -1.86. The van der Waals surface area contributed by atoms with Crippen molar-refractivity contribution < 1.29 is 19.8 Å². The monoisotopic (exact) mass is 172 g/mol. The second kappa shape index (κ2) is 2.71. The van der Waals surface area contributed by atoms with Crippen molar-refractivity contribution in [2.75, 3.05) is 0 Å². The summed E-state index contributed by atoms with van der Waals surface area (Å²) < 4.78 is 0. The molecule has 0 aromatic carbocycles. The first-order chi connectivity index (χ1) is 5.20. The molecular weight excluding hydrogens is 168 g/mol. The van der Waals surface area contributed by atoms with E-state index in [1.165, 1.54) is 0 Å². The summed E-state index contributed by atoms with van der Waals surface area (Å²) in [5, 5.41) is 17.8. The number of carbonyl (C=O) groups is 2. The maximum absolute atomic E-state index is 10.1. The average Bonchev–Trinajstić information content (AvgIpc) is 2.30. The van der Waals surface area contributed by atoms with Gasteiger partial charge in [0.25, 0.3) is 0 Å². The van der Waals surface area contributed by atoms with Crippen molar-refractivity contribution in [2.45, 2.75) is 0 Å². The highest BCUT2D eigenvalue weighted by molar-refractivity contribution is 7.16. The third-order valence-electron chi connectivity index (χ3n) is 1.13. The second-order valence-electron chi connectivity index (χ2n) is 1.76. The van der Waals surface area contributed by atoms with E-state index in [4.69, 9.17) is 10.2 Å². The molecule has 2 N–H and O–H groups in total. The molecule has 0 amide bonds. The van der Waals surface area contributed by atoms with Crippen LogP contribution in [-0.4, -0.2) is 22.8 Å². The zero-order chi connectivity index (χ0) is 8.43. The first-order valence-electron chi connectivity index (χ1n) is 2.65. The van der Waals surface area contributed by atoms with E-state index in [2.05, 4.69) is 0 Å². The number of aromatic hydroxyl groups is 2. The standard InChI is InChI=1S/C6H4O4S/c7-1-3-5(9)6(10)4(2-8)11-3/h1-2,9-10H. The van der Waals surface area contributed by atoms with Crippen molar-refractivity contribution in [3.05, 3.63) is 9.75 Å². The van der Waals surface area contributed by atoms with Gasteiger partial charge in [0.05, 0.1) is 0 Å². The highest BCUT2D eigenvalue weighted by Gasteiger charge is 2.14. The molecule has 5 heteroatoms. The Labute approximate surface area is 65.7 Å². The van der Waals surface area contributed by atoms with E-state index < -0.39 is 11.5 Å². The van der Waals surface area contributed by atoms with Crippen LogP contribution in [0.15, 0.2) is 0 Å². The van der Waals surface area contributed by atoms with Crippen molar-refractivity contribution in [3.8, 4) is 11.5 Å². The van der Waals surface area contributed by atoms with Crippen LogP contribution in [0.2, 0.25) is 0 Å². The lowest BCUT2D eigenvalue weighted by molar-refractivity contribution is 0.111. The van der Waals surface area contributed by atoms with E-state index >= 15 is 0 Å². The molecule has 1 aromatic heterocycles. The molecule has 0 saturated heterocycles. The molecular formula is C6H4O4S. The van der Waals surface area contributed by atoms with Crippen molar-refractivity contribution in [3.63, 3.8) is 0 Å². The fourth-order valence-electron chi connectivity index (χ4n) is 0.608. The summed E-state index contributed by atoms with van der Waals surface area (Å²) in [6.07, 6.45) is 0.763. The smallest absolute Gasteiger partial charge is 0.180 e. The van der Waals surface area contributed by atoms with E-state index in [9.17, 15) is 9.59 Å². The number of hydrogen-bond donors (Lipinski definition) is 2. The van der Waals surface area contributed by atoms with Crippen molar-refractivity contribution in [1.29, 1.82) is 0 Å². The van der Waals surface area contributed by atoms with Gasteiger partial charge in [-0.1, -0.05) is 0 Å². The van der Waals surface area contributed by atoms with Crippen LogP contribution in [0.25, 0.3) is 0 Å². The van der Waals surface area contributed by atoms with E-state index in [-0.39, 0.29) is 9.75 Å². The largest absolute Gasteiger partial charge is 0.503 e. The van der Waals surface area contributed by atoms with Gasteiger partial charge in [0.15, 0.2) is 24.1 Å². The molecule has 0 spiro atoms. The minimum absolute atomic E-state index is 0.0374. The van der Waals surface area contributed by atoms with Gasteiger partial charge in [0.1, 0.15) is 9.75 Å². The Morgan fingerprint density at radius 3 is 1.55 bits per heavy atom. The lowest BCUT2D eigenvalue weighted by atomic mass is 10.4. The first kappa shape index (κ1) is 7.74. The average molecular weight is 172 g/mol. The van der Waals surface area contributed by atoms with Crippen LogP contribution in [0.5, 0.6) is 11.5 Å². The Morgan fingerprint density at radius 1 is 1.00 bits per heavy atom. The first-order valence-corrected chi connectivity index (χ1v) is 3.47. The summed E-state index contributed by atoms with van der Waals surface area (Å²) >= 11 is 0.750. The van der Waals surface area contributed by atoms with Gasteiger partial charge >= 0.3 is 0 Å². The number of aldehydes is 2. The minimum Gasteiger partial charge on any atom is -0.503 e. The molecule has 1 rings (SSSR count). The highest BCUT2D eigenvalue weighted by atomic mass is 32.1. The van der Waals surface area contributed by atoms with Gasteiger partial charge in [0.2, 0.25) is 0 Å². The van der Waals surface area contributed by atoms with Crippen molar-refractivity contribution >= 4 is 23.9 Å². The fraction of sp³-hybridized carbons (Fsp3) is 0. The minimum atomic E-state index is -0.521. The summed E-state index contributed by atoms with van der Waals surface area (Å²) in [6, 6.07) is 0. The summed E-state index contributed by atoms with van der Waals surface area (Å²) in [7, 11) is 0. The Morgan fingerprint density at radius 2 is 1.36 bits per heavy atom. The maximum Gasteiger partial charge on any atom is 0.180 e. The molecule has 11 heavy (non-hydrogen) atoms. The molecule has 0 saturated carbocycles. The molecule has 58 valence electrons. The van der Waals surface area contributed by atoms with Gasteiger partial charge in [-0.25, -0.2) is 0 Å². The van der Waals surface area contributed by atoms with Crippen LogP contribution in [0, 0.1) is 0 Å². The molecule has 0 atom stereocenters. The molecule has 0 aliphatic carbocycles. The van der Waals surface area contributed by atoms with E-state index in [1.807, 2.05) is 0 Å². The van der Waals surface area contributed by atoms with Crippen LogP contribution in [0.1, 0.15) is 19.3 Å². The summed E-state index contributed by atoms with van der Waals surface area (Å²) in [6.45, 7) is 0. The zero-order valence-corrected chi connectivity index (χ0v) is 6.09. The maximum atomic E-state index is 10.1. The molecule has 0 fully saturated rings. The van der Waals surface area contributed by atoms with Crippen LogP contribution in [0.4, 0.5) is 0 Å². The van der Waals surface area contributed by atoms with Gasteiger partial charge in [-0.2, -0.15) is 0 Å². The van der Waals surface area contributed by atoms with Gasteiger partial charge in [-0.05, 0) is 0 Å². The van der Waals surface area contributed by atoms with Crippen LogP contribution in [-0.2, 0) is 0 Å². The van der Waals surface area contributed by atoms with Crippen molar-refractivity contribution in [2.24, 2.45) is 0 Å². The van der Waals surface area contributed by atoms with Crippen LogP contribution < -0.4 is 0 Å². The normalized spacial score (nSPS) is 9.45. The predicted molar refractivity (Wildman–Crippen MR) is 38.4 cm³/mol. The lowest BCUT2D eigenvalue weighted by Crippen LogP contribution is -1.69.